The minimum Gasteiger partial charge on any atom is -0.480 e. The van der Waals surface area contributed by atoms with Gasteiger partial charge in [-0.25, -0.2) is 0 Å². The van der Waals surface area contributed by atoms with Crippen LogP contribution < -0.4 is 0 Å². The van der Waals surface area contributed by atoms with Crippen LogP contribution in [0.4, 0.5) is 0 Å². The summed E-state index contributed by atoms with van der Waals surface area (Å²) in [6.45, 7) is 1.49. The molecular weight excluding hydrogens is 236 g/mol. The van der Waals surface area contributed by atoms with E-state index in [1.165, 1.54) is 24.5 Å². The Morgan fingerprint density at radius 3 is 2.82 bits per heavy atom. The summed E-state index contributed by atoms with van der Waals surface area (Å²) in [6, 6.07) is 6.13. The molecule has 4 heteroatoms. The molecule has 2 atom stereocenters. The second kappa shape index (κ2) is 5.00. The van der Waals surface area contributed by atoms with E-state index in [-0.39, 0.29) is 0 Å². The number of rotatable bonds is 4. The van der Waals surface area contributed by atoms with Crippen LogP contribution in [0.15, 0.2) is 18.2 Å². The first-order chi connectivity index (χ1) is 8.08. The molecule has 0 bridgehead atoms. The maximum atomic E-state index is 11.8. The molecule has 1 aromatic rings. The number of aliphatic carboxylic acids is 1. The first-order valence-electron chi connectivity index (χ1n) is 5.78. The molecule has 1 aromatic carbocycles. The van der Waals surface area contributed by atoms with Crippen molar-refractivity contribution in [3.8, 4) is 0 Å². The monoisotopic (exact) mass is 252 g/mol. The van der Waals surface area contributed by atoms with Gasteiger partial charge in [-0.15, -0.1) is 0 Å². The summed E-state index contributed by atoms with van der Waals surface area (Å²) in [5.41, 5.74) is 3.70. The van der Waals surface area contributed by atoms with Crippen LogP contribution in [-0.2, 0) is 34.2 Å². The van der Waals surface area contributed by atoms with Crippen molar-refractivity contribution in [2.24, 2.45) is 0 Å². The van der Waals surface area contributed by atoms with Gasteiger partial charge in [-0.05, 0) is 42.9 Å². The molecule has 0 aliphatic heterocycles. The first kappa shape index (κ1) is 12.3. The largest absolute Gasteiger partial charge is 0.480 e. The van der Waals surface area contributed by atoms with E-state index in [0.29, 0.717) is 5.75 Å². The highest BCUT2D eigenvalue weighted by atomic mass is 32.2. The van der Waals surface area contributed by atoms with Gasteiger partial charge in [0.25, 0.3) is 0 Å². The van der Waals surface area contributed by atoms with Crippen molar-refractivity contribution < 1.29 is 14.1 Å². The Morgan fingerprint density at radius 2 is 2.12 bits per heavy atom. The van der Waals surface area contributed by atoms with Gasteiger partial charge in [0, 0.05) is 16.6 Å². The van der Waals surface area contributed by atoms with E-state index in [2.05, 4.69) is 12.1 Å². The molecule has 0 radical (unpaired) electrons. The lowest BCUT2D eigenvalue weighted by atomic mass is 10.1. The molecule has 92 valence electrons. The molecule has 1 N–H and O–H groups in total. The van der Waals surface area contributed by atoms with Gasteiger partial charge in [-0.2, -0.15) is 0 Å². The fourth-order valence-corrected chi connectivity index (χ4v) is 3.10. The summed E-state index contributed by atoms with van der Waals surface area (Å²) in [5, 5.41) is 7.99. The summed E-state index contributed by atoms with van der Waals surface area (Å²) >= 11 is 0. The van der Waals surface area contributed by atoms with E-state index in [4.69, 9.17) is 5.11 Å². The fraction of sp³-hybridized carbons (Fsp3) is 0.462. The third-order valence-electron chi connectivity index (χ3n) is 3.21. The molecule has 1 aliphatic rings. The molecule has 0 saturated heterocycles. The van der Waals surface area contributed by atoms with Crippen molar-refractivity contribution in [1.29, 1.82) is 0 Å². The number of carbonyl (C=O) groups is 1. The topological polar surface area (TPSA) is 54.4 Å². The number of benzene rings is 1. The number of carboxylic acid groups (broad SMARTS) is 1. The number of hydrogen-bond acceptors (Lipinski definition) is 2. The highest BCUT2D eigenvalue weighted by Crippen LogP contribution is 2.23. The highest BCUT2D eigenvalue weighted by Gasteiger charge is 2.19. The van der Waals surface area contributed by atoms with Gasteiger partial charge in [0.05, 0.1) is 0 Å². The summed E-state index contributed by atoms with van der Waals surface area (Å²) in [4.78, 5) is 10.7. The number of fused-ring (bicyclic) bond motifs is 1. The van der Waals surface area contributed by atoms with Gasteiger partial charge in [0.2, 0.25) is 0 Å². The van der Waals surface area contributed by atoms with Crippen molar-refractivity contribution >= 4 is 16.8 Å². The third kappa shape index (κ3) is 2.75. The SMILES string of the molecule is CC(C(=O)O)S(=O)Cc1ccc2c(c1)CCC2. The summed E-state index contributed by atoms with van der Waals surface area (Å²) in [7, 11) is -1.34. The van der Waals surface area contributed by atoms with E-state index in [0.717, 1.165) is 18.4 Å². The third-order valence-corrected chi connectivity index (χ3v) is 4.82. The fourth-order valence-electron chi connectivity index (χ4n) is 2.12. The van der Waals surface area contributed by atoms with Crippen molar-refractivity contribution in [3.63, 3.8) is 0 Å². The van der Waals surface area contributed by atoms with Crippen molar-refractivity contribution in [1.82, 2.24) is 0 Å². The standard InChI is InChI=1S/C13H16O3S/c1-9(13(14)15)17(16)8-10-5-6-11-3-2-4-12(11)7-10/h5-7,9H,2-4,8H2,1H3,(H,14,15). The second-order valence-electron chi connectivity index (χ2n) is 4.46. The molecule has 1 aliphatic carbocycles. The molecule has 0 spiro atoms. The minimum absolute atomic E-state index is 0.334. The van der Waals surface area contributed by atoms with Gasteiger partial charge in [-0.1, -0.05) is 18.2 Å². The van der Waals surface area contributed by atoms with Crippen LogP contribution in [0.5, 0.6) is 0 Å². The van der Waals surface area contributed by atoms with Crippen LogP contribution in [0.2, 0.25) is 0 Å². The predicted molar refractivity (Wildman–Crippen MR) is 67.4 cm³/mol. The average molecular weight is 252 g/mol. The van der Waals surface area contributed by atoms with Gasteiger partial charge >= 0.3 is 5.97 Å². The van der Waals surface area contributed by atoms with Crippen molar-refractivity contribution in [3.05, 3.63) is 34.9 Å². The molecule has 0 saturated carbocycles. The zero-order chi connectivity index (χ0) is 12.4. The van der Waals surface area contributed by atoms with Gasteiger partial charge in [0.15, 0.2) is 0 Å². The Bertz CT molecular complexity index is 468. The molecule has 0 heterocycles. The van der Waals surface area contributed by atoms with Gasteiger partial charge < -0.3 is 5.11 Å². The lowest BCUT2D eigenvalue weighted by Crippen LogP contribution is -2.22. The van der Waals surface area contributed by atoms with E-state index in [1.54, 1.807) is 0 Å². The van der Waals surface area contributed by atoms with Crippen molar-refractivity contribution in [2.45, 2.75) is 37.2 Å². The van der Waals surface area contributed by atoms with E-state index in [9.17, 15) is 9.00 Å². The number of hydrogen-bond donors (Lipinski definition) is 1. The summed E-state index contributed by atoms with van der Waals surface area (Å²) < 4.78 is 11.8. The molecule has 2 unspecified atom stereocenters. The maximum Gasteiger partial charge on any atom is 0.318 e. The van der Waals surface area contributed by atoms with Crippen molar-refractivity contribution in [2.75, 3.05) is 0 Å². The minimum atomic E-state index is -1.34. The Hall–Kier alpha value is -1.16. The lowest BCUT2D eigenvalue weighted by Gasteiger charge is -2.08. The first-order valence-corrected chi connectivity index (χ1v) is 7.17. The molecule has 3 nitrogen and oxygen atoms in total. The quantitative estimate of drug-likeness (QED) is 0.890. The van der Waals surface area contributed by atoms with E-state index < -0.39 is 22.0 Å². The highest BCUT2D eigenvalue weighted by molar-refractivity contribution is 7.85. The average Bonchev–Trinajstić information content (AvgIpc) is 2.74. The Labute approximate surface area is 103 Å². The molecule has 17 heavy (non-hydrogen) atoms. The van der Waals surface area contributed by atoms with E-state index >= 15 is 0 Å². The van der Waals surface area contributed by atoms with Crippen LogP contribution in [-0.4, -0.2) is 20.5 Å². The zero-order valence-electron chi connectivity index (χ0n) is 9.81. The van der Waals surface area contributed by atoms with Crippen LogP contribution in [0.1, 0.15) is 30.0 Å². The van der Waals surface area contributed by atoms with Crippen LogP contribution >= 0.6 is 0 Å². The molecule has 2 rings (SSSR count). The zero-order valence-corrected chi connectivity index (χ0v) is 10.6. The normalized spacial score (nSPS) is 17.5. The van der Waals surface area contributed by atoms with Crippen LogP contribution in [0.3, 0.4) is 0 Å². The Kier molecular flexibility index (Phi) is 3.62. The summed E-state index contributed by atoms with van der Waals surface area (Å²) in [6.07, 6.45) is 3.40. The van der Waals surface area contributed by atoms with Gasteiger partial charge in [-0.3, -0.25) is 9.00 Å². The molecule has 0 fully saturated rings. The molecule has 0 aromatic heterocycles. The second-order valence-corrected chi connectivity index (χ2v) is 6.22. The van der Waals surface area contributed by atoms with E-state index in [1.807, 2.05) is 6.07 Å². The Balaban J connectivity index is 2.09. The molecular formula is C13H16O3S. The Morgan fingerprint density at radius 1 is 1.41 bits per heavy atom. The van der Waals surface area contributed by atoms with Gasteiger partial charge in [0.1, 0.15) is 5.25 Å². The predicted octanol–water partition coefficient (Wildman–Crippen LogP) is 1.90. The summed E-state index contributed by atoms with van der Waals surface area (Å²) in [5.74, 6) is -0.662. The lowest BCUT2D eigenvalue weighted by molar-refractivity contribution is -0.136. The smallest absolute Gasteiger partial charge is 0.318 e. The van der Waals surface area contributed by atoms with Crippen LogP contribution in [0.25, 0.3) is 0 Å². The van der Waals surface area contributed by atoms with Crippen LogP contribution in [0, 0.1) is 0 Å². The maximum absolute atomic E-state index is 11.8. The molecule has 0 amide bonds. The number of carboxylic acids is 1. The number of aryl methyl sites for hydroxylation is 2.